The lowest BCUT2D eigenvalue weighted by Crippen LogP contribution is -2.44. The Morgan fingerprint density at radius 3 is 1.74 bits per heavy atom. The minimum atomic E-state index is -3.76. The Balaban J connectivity index is 0.000000140. The van der Waals surface area contributed by atoms with Gasteiger partial charge in [0.2, 0.25) is 0 Å². The van der Waals surface area contributed by atoms with E-state index in [1.165, 1.54) is 27.5 Å². The summed E-state index contributed by atoms with van der Waals surface area (Å²) < 4.78 is 52.5. The predicted octanol–water partition coefficient (Wildman–Crippen LogP) is 8.69. The van der Waals surface area contributed by atoms with E-state index in [2.05, 4.69) is 48.5 Å². The van der Waals surface area contributed by atoms with Crippen LogP contribution in [0.3, 0.4) is 0 Å². The van der Waals surface area contributed by atoms with Crippen molar-refractivity contribution in [2.45, 2.75) is 59.1 Å². The maximum absolute atomic E-state index is 13.7. The van der Waals surface area contributed by atoms with Crippen molar-refractivity contribution in [2.24, 2.45) is 41.4 Å². The molecule has 3 aromatic carbocycles. The number of benzene rings is 3. The van der Waals surface area contributed by atoms with Gasteiger partial charge in [-0.2, -0.15) is 8.78 Å². The fraction of sp³-hybridized carbons (Fsp3) is 0.438. The summed E-state index contributed by atoms with van der Waals surface area (Å²) in [5.74, 6) is -2.00. The molecule has 0 saturated heterocycles. The molecule has 7 atom stereocenters. The maximum atomic E-state index is 13.7. The first-order chi connectivity index (χ1) is 18.3. The van der Waals surface area contributed by atoms with Crippen LogP contribution >= 0.6 is 0 Å². The molecule has 7 unspecified atom stereocenters. The van der Waals surface area contributed by atoms with Crippen LogP contribution in [-0.4, -0.2) is 17.5 Å². The molecule has 1 N–H and O–H groups in total. The molecule has 6 heteroatoms. The second-order valence-corrected chi connectivity index (χ2v) is 13.4. The van der Waals surface area contributed by atoms with E-state index in [0.717, 1.165) is 18.8 Å². The van der Waals surface area contributed by atoms with Crippen LogP contribution < -0.4 is 0 Å². The third-order valence-electron chi connectivity index (χ3n) is 9.55. The van der Waals surface area contributed by atoms with Gasteiger partial charge in [-0.1, -0.05) is 36.4 Å². The molecular weight excluding hydrogens is 508 g/mol. The van der Waals surface area contributed by atoms with Crippen molar-refractivity contribution in [3.63, 3.8) is 0 Å². The van der Waals surface area contributed by atoms with Crippen LogP contribution in [0.25, 0.3) is 0 Å². The van der Waals surface area contributed by atoms with Crippen molar-refractivity contribution in [1.29, 1.82) is 0 Å². The molecule has 0 aromatic heterocycles. The number of rotatable bonds is 5. The lowest BCUT2D eigenvalue weighted by molar-refractivity contribution is -0.185. The molecule has 3 aromatic rings. The summed E-state index contributed by atoms with van der Waals surface area (Å²) in [6.07, 6.45) is 1.27. The van der Waals surface area contributed by atoms with Crippen molar-refractivity contribution in [1.82, 2.24) is 0 Å². The van der Waals surface area contributed by atoms with E-state index in [-0.39, 0.29) is 16.8 Å². The van der Waals surface area contributed by atoms with Crippen LogP contribution in [0, 0.1) is 41.4 Å². The van der Waals surface area contributed by atoms with Crippen LogP contribution in [0.2, 0.25) is 0 Å². The Morgan fingerprint density at radius 2 is 1.18 bits per heavy atom. The zero-order valence-electron chi connectivity index (χ0n) is 21.1. The Labute approximate surface area is 224 Å². The van der Waals surface area contributed by atoms with Crippen molar-refractivity contribution in [3.8, 4) is 5.75 Å². The van der Waals surface area contributed by atoms with Crippen LogP contribution in [0.1, 0.15) is 32.1 Å². The van der Waals surface area contributed by atoms with E-state index in [4.69, 9.17) is 0 Å². The van der Waals surface area contributed by atoms with E-state index >= 15 is 0 Å². The zero-order valence-corrected chi connectivity index (χ0v) is 21.9. The number of phenolic OH excluding ortho intramolecular Hbond substituents is 1. The summed E-state index contributed by atoms with van der Waals surface area (Å²) in [6, 6.07) is 28.5. The Morgan fingerprint density at radius 1 is 0.658 bits per heavy atom. The Hall–Kier alpha value is -2.47. The molecule has 0 heterocycles. The number of halogens is 4. The van der Waals surface area contributed by atoms with Gasteiger partial charge in [-0.25, -0.2) is 8.78 Å². The molecule has 1 nitrogen and oxygen atoms in total. The molecule has 38 heavy (non-hydrogen) atoms. The van der Waals surface area contributed by atoms with Crippen LogP contribution in [0.15, 0.2) is 99.6 Å². The van der Waals surface area contributed by atoms with E-state index < -0.39 is 18.3 Å². The van der Waals surface area contributed by atoms with Gasteiger partial charge in [-0.15, -0.1) is 0 Å². The fourth-order valence-corrected chi connectivity index (χ4v) is 10.4. The highest BCUT2D eigenvalue weighted by molar-refractivity contribution is 7.97. The minimum Gasteiger partial charge on any atom is -0.508 e. The average Bonchev–Trinajstić information content (AvgIpc) is 3.72. The summed E-state index contributed by atoms with van der Waals surface area (Å²) >= 11 is 0. The van der Waals surface area contributed by atoms with Crippen LogP contribution in [0.5, 0.6) is 5.75 Å². The summed E-state index contributed by atoms with van der Waals surface area (Å²) in [7, 11) is -0.134. The number of alkyl halides is 4. The third-order valence-corrected chi connectivity index (χ3v) is 11.8. The number of fused-ring (bicyclic) bond motifs is 9. The molecule has 0 amide bonds. The van der Waals surface area contributed by atoms with Crippen LogP contribution in [0.4, 0.5) is 17.6 Å². The molecule has 200 valence electrons. The second kappa shape index (κ2) is 10.3. The van der Waals surface area contributed by atoms with Gasteiger partial charge in [-0.05, 0) is 116 Å². The van der Waals surface area contributed by atoms with Gasteiger partial charge in [0.1, 0.15) is 5.75 Å². The molecule has 0 aliphatic heterocycles. The van der Waals surface area contributed by atoms with E-state index in [1.807, 2.05) is 24.3 Å². The van der Waals surface area contributed by atoms with Crippen molar-refractivity contribution < 1.29 is 22.7 Å². The quantitative estimate of drug-likeness (QED) is 0.195. The Bertz CT molecular complexity index is 1180. The molecule has 4 aliphatic rings. The molecule has 4 bridgehead atoms. The number of aromatic hydroxyl groups is 1. The minimum absolute atomic E-state index is 0.112. The van der Waals surface area contributed by atoms with Crippen molar-refractivity contribution >= 4 is 10.9 Å². The first kappa shape index (κ1) is 25.8. The van der Waals surface area contributed by atoms with E-state index in [9.17, 15) is 22.7 Å². The van der Waals surface area contributed by atoms with Gasteiger partial charge in [-0.3, -0.25) is 0 Å². The maximum Gasteiger partial charge on any atom is 0.310 e. The number of hydrogen-bond acceptors (Lipinski definition) is 1. The van der Waals surface area contributed by atoms with Gasteiger partial charge in [0, 0.05) is 5.92 Å². The highest BCUT2D eigenvalue weighted by atomic mass is 32.2. The lowest BCUT2D eigenvalue weighted by Gasteiger charge is -2.41. The summed E-state index contributed by atoms with van der Waals surface area (Å²) in [5, 5.41) is 9.48. The van der Waals surface area contributed by atoms with E-state index in [0.29, 0.717) is 35.8 Å². The smallest absolute Gasteiger partial charge is 0.310 e. The summed E-state index contributed by atoms with van der Waals surface area (Å²) in [4.78, 5) is 3.77. The van der Waals surface area contributed by atoms with Gasteiger partial charge in [0.15, 0.2) is 14.7 Å². The number of hydrogen-bond donors (Lipinski definition) is 1. The SMILES string of the molecule is FC(F)C(F)(F)C1CC2CC1C1C3CCC(C3)C21.Oc1ccc([S+](c2ccccc2)c2ccccc2)cc1. The Kier molecular flexibility index (Phi) is 6.96. The van der Waals surface area contributed by atoms with E-state index in [1.54, 1.807) is 12.1 Å². The first-order valence-corrected chi connectivity index (χ1v) is 14.9. The average molecular weight is 542 g/mol. The molecule has 4 saturated carbocycles. The molecule has 4 aliphatic carbocycles. The lowest BCUT2D eigenvalue weighted by atomic mass is 9.66. The topological polar surface area (TPSA) is 20.2 Å². The van der Waals surface area contributed by atoms with Gasteiger partial charge < -0.3 is 5.11 Å². The first-order valence-electron chi connectivity index (χ1n) is 13.6. The normalized spacial score (nSPS) is 30.9. The van der Waals surface area contributed by atoms with Crippen LogP contribution in [-0.2, 0) is 10.9 Å². The molecule has 0 spiro atoms. The summed E-state index contributed by atoms with van der Waals surface area (Å²) in [5.41, 5.74) is 0. The third kappa shape index (κ3) is 4.53. The predicted molar refractivity (Wildman–Crippen MR) is 142 cm³/mol. The zero-order chi connectivity index (χ0) is 26.4. The molecule has 0 radical (unpaired) electrons. The highest BCUT2D eigenvalue weighted by Gasteiger charge is 2.67. The molecule has 7 rings (SSSR count). The van der Waals surface area contributed by atoms with Crippen molar-refractivity contribution in [2.75, 3.05) is 0 Å². The second-order valence-electron chi connectivity index (χ2n) is 11.4. The van der Waals surface area contributed by atoms with Gasteiger partial charge in [0.25, 0.3) is 0 Å². The fourth-order valence-electron chi connectivity index (χ4n) is 8.27. The van der Waals surface area contributed by atoms with Gasteiger partial charge in [0.05, 0.1) is 10.9 Å². The standard InChI is InChI=1S/C18H14OS.C14H18F4/c19-15-11-13-18(14-12-15)20(16-7-3-1-4-8-16)17-9-5-2-6-10-17;15-13(16)14(17,18)10-5-8-4-9(10)12-7-2-1-6(3-7)11(8)12/h1-14H;6-13H,1-5H2/p+1. The number of phenols is 1. The van der Waals surface area contributed by atoms with Crippen molar-refractivity contribution in [3.05, 3.63) is 84.9 Å². The largest absolute Gasteiger partial charge is 0.508 e. The van der Waals surface area contributed by atoms with Gasteiger partial charge >= 0.3 is 12.3 Å². The molecular formula is C32H33F4OS+. The molecule has 4 fully saturated rings. The monoisotopic (exact) mass is 541 g/mol. The highest BCUT2D eigenvalue weighted by Crippen LogP contribution is 2.70. The summed E-state index contributed by atoms with van der Waals surface area (Å²) in [6.45, 7) is 0.